The van der Waals surface area contributed by atoms with Gasteiger partial charge in [-0.2, -0.15) is 0 Å². The summed E-state index contributed by atoms with van der Waals surface area (Å²) in [7, 11) is 6.75. The van der Waals surface area contributed by atoms with Crippen LogP contribution in [0.5, 0.6) is 23.0 Å². The molecule has 0 bridgehead atoms. The van der Waals surface area contributed by atoms with Crippen molar-refractivity contribution in [3.8, 4) is 23.0 Å². The molecule has 672 valence electrons. The normalized spacial score (nSPS) is 9.36. The Hall–Kier alpha value is -13.9. The fourth-order valence-electron chi connectivity index (χ4n) is 9.98. The molecule has 10 aromatic rings. The minimum Gasteiger partial charge on any atom is -0.491 e. The molecule has 44 heteroatoms. The van der Waals surface area contributed by atoms with Crippen LogP contribution in [0.15, 0.2) is 279 Å². The Morgan fingerprint density at radius 3 is 0.562 bits per heavy atom. The summed E-state index contributed by atoms with van der Waals surface area (Å²) in [6.07, 6.45) is 1.50. The summed E-state index contributed by atoms with van der Waals surface area (Å²) in [4.78, 5) is 128. The van der Waals surface area contributed by atoms with Gasteiger partial charge in [0.15, 0.2) is 0 Å². The van der Waals surface area contributed by atoms with E-state index in [-0.39, 0.29) is 106 Å². The fourth-order valence-corrected chi connectivity index (χ4v) is 9.98. The predicted molar refractivity (Wildman–Crippen MR) is 463 cm³/mol. The molecule has 0 heterocycles. The molecule has 6 amide bonds. The van der Waals surface area contributed by atoms with Gasteiger partial charge in [-0.1, -0.05) is 231 Å². The second-order valence-electron chi connectivity index (χ2n) is 25.1. The third kappa shape index (κ3) is 61.4. The number of para-hydroxylation sites is 4. The molecule has 0 spiro atoms. The van der Waals surface area contributed by atoms with Crippen LogP contribution >= 0.6 is 0 Å². The van der Waals surface area contributed by atoms with Gasteiger partial charge >= 0.3 is 82.6 Å². The van der Waals surface area contributed by atoms with Crippen molar-refractivity contribution in [2.45, 2.75) is 39.3 Å². The molecular weight excluding hydrogens is 1930 g/mol. The van der Waals surface area contributed by atoms with Gasteiger partial charge in [-0.15, -0.1) is 0 Å². The number of amides is 6. The van der Waals surface area contributed by atoms with Crippen molar-refractivity contribution in [2.75, 3.05) is 80.8 Å². The van der Waals surface area contributed by atoms with Gasteiger partial charge in [0.1, 0.15) is 49.4 Å². The fraction of sp³-hybridized carbons (Fsp3) is 0.214. The van der Waals surface area contributed by atoms with Crippen molar-refractivity contribution < 1.29 is 161 Å². The largest absolute Gasteiger partial charge is 3.00 e. The topological polar surface area (TPSA) is 598 Å². The van der Waals surface area contributed by atoms with Crippen LogP contribution in [0.4, 0.5) is 0 Å². The number of carbonyl (C=O) groups is 6. The third-order valence-corrected chi connectivity index (χ3v) is 15.3. The number of hydrogen-bond acceptors (Lipinski definition) is 30. The molecule has 10 rings (SSSR count). The maximum absolute atomic E-state index is 13.0. The van der Waals surface area contributed by atoms with Gasteiger partial charge in [-0.25, -0.2) is 0 Å². The molecule has 0 unspecified atom stereocenters. The molecule has 128 heavy (non-hydrogen) atoms. The van der Waals surface area contributed by atoms with E-state index in [1.165, 1.54) is 20.9 Å². The molecule has 0 saturated heterocycles. The van der Waals surface area contributed by atoms with Gasteiger partial charge in [-0.3, -0.25) is 38.6 Å². The molecule has 0 radical (unpaired) electrons. The standard InChI is InChI=1S/2C39H39N3O4.2C3H7NO.6NO3.2Pr/c2*43-38(40-28-31-14-4-1-5-15-31)34-20-10-12-22-36(34)45-26-24-42(30-33-18-8-3-9-19-33)25-27-46-37-23-13-11-21-35(37)39(44)41-29-32-16-6-2-7-17-32;2*1-4(2)3-5;6*2-1(3)4;;/h2*1-23H,24-30H2,(H,40,43)(H,41,44);2*3H,1-2H3;;;;;;;;/q;;;;6*-1;2*+3. The van der Waals surface area contributed by atoms with Crippen LogP contribution in [-0.4, -0.2) is 167 Å². The zero-order valence-corrected chi connectivity index (χ0v) is 77.1. The SMILES string of the molecule is CN(C)C=O.CN(C)C=O.O=C(NCc1ccccc1)c1ccccc1OCCN(CCOc1ccccc1C(=O)NCc1ccccc1)Cc1ccccc1.O=C(NCc1ccccc1)c1ccccc1OCCN(CCOc1ccccc1C(=O)NCc1ccccc1)Cc1ccccc1.O=[N+]([O-])[O-].O=[N+]([O-])[O-].O=[N+]([O-])[O-].O=[N+]([O-])[O-].O=[N+]([O-])[O-].O=[N+]([O-])[O-].[Pr+3].[Pr+3]. The second kappa shape index (κ2) is 72.4. The van der Waals surface area contributed by atoms with Crippen molar-refractivity contribution in [2.24, 2.45) is 0 Å². The number of nitrogens with zero attached hydrogens (tertiary/aromatic N) is 10. The van der Waals surface area contributed by atoms with Crippen molar-refractivity contribution in [1.29, 1.82) is 0 Å². The first kappa shape index (κ1) is 116. The van der Waals surface area contributed by atoms with Gasteiger partial charge in [0.25, 0.3) is 23.6 Å². The zero-order valence-electron chi connectivity index (χ0n) is 69.7. The van der Waals surface area contributed by atoms with Gasteiger partial charge < -0.3 is 142 Å². The van der Waals surface area contributed by atoms with E-state index >= 15 is 0 Å². The molecule has 0 saturated carbocycles. The minimum atomic E-state index is -1.75. The van der Waals surface area contributed by atoms with Gasteiger partial charge in [0.2, 0.25) is 12.8 Å². The average Bonchev–Trinajstić information content (AvgIpc) is 0.869. The number of hydrogen-bond donors (Lipinski definition) is 4. The number of ether oxygens (including phenoxy) is 4. The molecule has 42 nitrogen and oxygen atoms in total. The average molecular weight is 2030 g/mol. The van der Waals surface area contributed by atoms with Crippen molar-refractivity contribution in [3.63, 3.8) is 0 Å². The van der Waals surface area contributed by atoms with Crippen molar-refractivity contribution in [3.05, 3.63) is 427 Å². The van der Waals surface area contributed by atoms with E-state index in [9.17, 15) is 28.8 Å². The molecule has 0 aromatic heterocycles. The van der Waals surface area contributed by atoms with Crippen LogP contribution in [0, 0.1) is 175 Å². The van der Waals surface area contributed by atoms with Gasteiger partial charge in [0.05, 0.1) is 52.8 Å². The van der Waals surface area contributed by atoms with Crippen LogP contribution in [0.1, 0.15) is 74.8 Å². The third-order valence-electron chi connectivity index (χ3n) is 15.3. The quantitative estimate of drug-likeness (QED) is 0.0165. The van der Waals surface area contributed by atoms with E-state index in [1.807, 2.05) is 231 Å². The van der Waals surface area contributed by atoms with Crippen LogP contribution in [0.2, 0.25) is 0 Å². The number of nitrogens with one attached hydrogen (secondary N) is 4. The van der Waals surface area contributed by atoms with Crippen LogP contribution in [-0.2, 0) is 48.9 Å². The zero-order chi connectivity index (χ0) is 93.7. The van der Waals surface area contributed by atoms with E-state index in [4.69, 9.17) is 111 Å². The molecule has 10 aromatic carbocycles. The molecule has 0 fully saturated rings. The van der Waals surface area contributed by atoms with E-state index in [0.717, 1.165) is 35.1 Å². The van der Waals surface area contributed by atoms with Crippen LogP contribution < -0.4 is 40.2 Å². The Morgan fingerprint density at radius 1 is 0.266 bits per heavy atom. The number of benzene rings is 10. The van der Waals surface area contributed by atoms with Crippen molar-refractivity contribution in [1.82, 2.24) is 40.9 Å². The Morgan fingerprint density at radius 2 is 0.406 bits per heavy atom. The van der Waals surface area contributed by atoms with Gasteiger partial charge in [-0.05, 0) is 81.9 Å². The molecule has 0 aliphatic heterocycles. The first-order valence-corrected chi connectivity index (χ1v) is 37.1. The first-order chi connectivity index (χ1) is 60.2. The summed E-state index contributed by atoms with van der Waals surface area (Å²) in [5.74, 6) is 1.44. The van der Waals surface area contributed by atoms with E-state index in [0.29, 0.717) is 137 Å². The summed E-state index contributed by atoms with van der Waals surface area (Å²) in [6, 6.07) is 88.9. The van der Waals surface area contributed by atoms with Crippen LogP contribution in [0.3, 0.4) is 0 Å². The molecular formula is C84H92N14O28Pr2. The predicted octanol–water partition coefficient (Wildman–Crippen LogP) is 11.0. The summed E-state index contributed by atoms with van der Waals surface area (Å²) < 4.78 is 24.6. The Balaban J connectivity index is 0. The monoisotopic (exact) mass is 2030 g/mol. The van der Waals surface area contributed by atoms with E-state index < -0.39 is 30.5 Å². The maximum atomic E-state index is 13.0. The summed E-state index contributed by atoms with van der Waals surface area (Å²) >= 11 is 0. The van der Waals surface area contributed by atoms with Crippen molar-refractivity contribution >= 4 is 36.4 Å². The second-order valence-corrected chi connectivity index (χ2v) is 25.1. The number of rotatable bonds is 34. The van der Waals surface area contributed by atoms with Gasteiger partial charge in [0, 0.05) is 93.6 Å². The Kier molecular flexibility index (Phi) is 65.7. The molecule has 0 aliphatic rings. The number of carbonyl (C=O) groups excluding carboxylic acids is 6. The molecule has 4 N–H and O–H groups in total. The smallest absolute Gasteiger partial charge is 0.491 e. The van der Waals surface area contributed by atoms with E-state index in [1.54, 1.807) is 52.5 Å². The summed E-state index contributed by atoms with van der Waals surface area (Å²) in [5, 5.41) is 100. The Bertz CT molecular complexity index is 4220. The first-order valence-electron chi connectivity index (χ1n) is 37.1. The summed E-state index contributed by atoms with van der Waals surface area (Å²) in [5.41, 5.74) is 8.46. The maximum Gasteiger partial charge on any atom is 3.00 e. The van der Waals surface area contributed by atoms with Crippen LogP contribution in [0.25, 0.3) is 0 Å². The Labute approximate surface area is 801 Å². The van der Waals surface area contributed by atoms with E-state index in [2.05, 4.69) is 55.3 Å². The molecule has 0 atom stereocenters. The molecule has 0 aliphatic carbocycles. The minimum absolute atomic E-state index is 0. The summed E-state index contributed by atoms with van der Waals surface area (Å²) in [6.45, 7) is 7.13.